The van der Waals surface area contributed by atoms with Gasteiger partial charge >= 0.3 is 6.18 Å². The van der Waals surface area contributed by atoms with E-state index in [2.05, 4.69) is 15.3 Å². The van der Waals surface area contributed by atoms with Crippen LogP contribution in [0.5, 0.6) is 5.88 Å². The molecule has 9 heteroatoms. The third-order valence-electron chi connectivity index (χ3n) is 4.63. The van der Waals surface area contributed by atoms with Crippen molar-refractivity contribution in [3.63, 3.8) is 0 Å². The number of halogens is 3. The van der Waals surface area contributed by atoms with Gasteiger partial charge in [0.1, 0.15) is 5.69 Å². The smallest absolute Gasteiger partial charge is 0.417 e. The Morgan fingerprint density at radius 3 is 2.73 bits per heavy atom. The van der Waals surface area contributed by atoms with Gasteiger partial charge in [-0.15, -0.1) is 0 Å². The Kier molecular flexibility index (Phi) is 4.76. The molecule has 3 heterocycles. The number of allylic oxidation sites excluding steroid dienone is 2. The van der Waals surface area contributed by atoms with Crippen molar-refractivity contribution in [1.29, 1.82) is 0 Å². The van der Waals surface area contributed by atoms with Crippen molar-refractivity contribution in [1.82, 2.24) is 14.4 Å². The second kappa shape index (κ2) is 7.16. The number of carbonyl (C=O) groups is 1. The lowest BCUT2D eigenvalue weighted by Gasteiger charge is -2.17. The van der Waals surface area contributed by atoms with Crippen LogP contribution in [0, 0.1) is 6.92 Å². The number of pyridine rings is 1. The number of aryl methyl sites for hydroxylation is 1. The molecule has 0 bridgehead atoms. The maximum Gasteiger partial charge on any atom is 0.417 e. The molecule has 0 atom stereocenters. The van der Waals surface area contributed by atoms with E-state index in [1.807, 2.05) is 26.8 Å². The second-order valence-corrected chi connectivity index (χ2v) is 7.41. The molecule has 0 unspecified atom stereocenters. The number of ether oxygens (including phenoxy) is 1. The van der Waals surface area contributed by atoms with E-state index >= 15 is 0 Å². The van der Waals surface area contributed by atoms with Gasteiger partial charge in [-0.1, -0.05) is 0 Å². The quantitative estimate of drug-likeness (QED) is 0.671. The van der Waals surface area contributed by atoms with Crippen molar-refractivity contribution in [3.8, 4) is 5.88 Å². The lowest BCUT2D eigenvalue weighted by atomic mass is 9.92. The molecule has 0 aliphatic heterocycles. The zero-order valence-corrected chi connectivity index (χ0v) is 16.5. The summed E-state index contributed by atoms with van der Waals surface area (Å²) in [6.45, 7) is 5.60. The third-order valence-corrected chi connectivity index (χ3v) is 4.63. The first kappa shape index (κ1) is 19.9. The van der Waals surface area contributed by atoms with Crippen LogP contribution in [0.25, 0.3) is 11.1 Å². The van der Waals surface area contributed by atoms with Crippen LogP contribution >= 0.6 is 0 Å². The van der Waals surface area contributed by atoms with Crippen LogP contribution in [0.1, 0.15) is 30.5 Å². The molecule has 4 rings (SSSR count). The number of carbonyl (C=O) groups excluding carboxylic acids is 1. The van der Waals surface area contributed by atoms with Crippen LogP contribution in [0.3, 0.4) is 0 Å². The molecule has 3 aromatic heterocycles. The molecule has 1 aliphatic rings. The van der Waals surface area contributed by atoms with Crippen LogP contribution in [0.15, 0.2) is 36.9 Å². The van der Waals surface area contributed by atoms with Gasteiger partial charge in [0.2, 0.25) is 5.88 Å². The number of rotatable bonds is 4. The molecule has 0 spiro atoms. The van der Waals surface area contributed by atoms with Gasteiger partial charge in [-0.3, -0.25) is 4.79 Å². The summed E-state index contributed by atoms with van der Waals surface area (Å²) in [7, 11) is 0. The SMILES string of the molecule is Cc1cnc(OC(C)C)c(Nc2nccn3cc4c(c23)CC(=O)C=C4C(F)(F)F)c1. The number of fused-ring (bicyclic) bond motifs is 3. The maximum atomic E-state index is 13.5. The molecule has 6 nitrogen and oxygen atoms in total. The Balaban J connectivity index is 1.86. The first-order valence-corrected chi connectivity index (χ1v) is 9.34. The fourth-order valence-corrected chi connectivity index (χ4v) is 3.48. The molecule has 1 N–H and O–H groups in total. The normalized spacial score (nSPS) is 14.1. The lowest BCUT2D eigenvalue weighted by molar-refractivity contribution is -0.114. The van der Waals surface area contributed by atoms with E-state index in [1.54, 1.807) is 16.8 Å². The minimum atomic E-state index is -4.63. The number of nitrogens with one attached hydrogen (secondary N) is 1. The first-order chi connectivity index (χ1) is 14.1. The summed E-state index contributed by atoms with van der Waals surface area (Å²) in [6.07, 6.45) is 1.86. The van der Waals surface area contributed by atoms with E-state index in [4.69, 9.17) is 4.74 Å². The van der Waals surface area contributed by atoms with Crippen LogP contribution < -0.4 is 10.1 Å². The van der Waals surface area contributed by atoms with Crippen LogP contribution in [0.4, 0.5) is 24.7 Å². The topological polar surface area (TPSA) is 68.5 Å². The molecule has 1 aliphatic carbocycles. The third kappa shape index (κ3) is 3.62. The number of aromatic nitrogens is 3. The minimum Gasteiger partial charge on any atom is -0.473 e. The van der Waals surface area contributed by atoms with Crippen molar-refractivity contribution < 1.29 is 22.7 Å². The Bertz CT molecular complexity index is 1180. The van der Waals surface area contributed by atoms with Gasteiger partial charge in [0.25, 0.3) is 0 Å². The fraction of sp³-hybridized carbons (Fsp3) is 0.286. The Morgan fingerprint density at radius 2 is 2.03 bits per heavy atom. The van der Waals surface area contributed by atoms with Gasteiger partial charge in [-0.2, -0.15) is 13.2 Å². The number of hydrogen-bond acceptors (Lipinski definition) is 5. The number of ketones is 1. The highest BCUT2D eigenvalue weighted by atomic mass is 19.4. The molecule has 0 saturated heterocycles. The average Bonchev–Trinajstić information content (AvgIpc) is 3.01. The number of anilines is 2. The van der Waals surface area contributed by atoms with E-state index in [0.29, 0.717) is 29.0 Å². The summed E-state index contributed by atoms with van der Waals surface area (Å²) in [6, 6.07) is 1.82. The molecule has 30 heavy (non-hydrogen) atoms. The Morgan fingerprint density at radius 1 is 1.27 bits per heavy atom. The highest BCUT2D eigenvalue weighted by Crippen LogP contribution is 2.41. The highest BCUT2D eigenvalue weighted by molar-refractivity contribution is 6.05. The van der Waals surface area contributed by atoms with Crippen molar-refractivity contribution in [2.24, 2.45) is 0 Å². The van der Waals surface area contributed by atoms with E-state index in [-0.39, 0.29) is 23.7 Å². The molecule has 3 aromatic rings. The molecule has 156 valence electrons. The second-order valence-electron chi connectivity index (χ2n) is 7.41. The number of nitrogens with zero attached hydrogens (tertiary/aromatic N) is 3. The van der Waals surface area contributed by atoms with Crippen molar-refractivity contribution in [2.75, 3.05) is 5.32 Å². The summed E-state index contributed by atoms with van der Waals surface area (Å²) in [4.78, 5) is 20.7. The van der Waals surface area contributed by atoms with Crippen LogP contribution in [0.2, 0.25) is 0 Å². The molecular formula is C21H19F3N4O2. The van der Waals surface area contributed by atoms with E-state index in [9.17, 15) is 18.0 Å². The van der Waals surface area contributed by atoms with Gasteiger partial charge in [-0.05, 0) is 44.0 Å². The monoisotopic (exact) mass is 416 g/mol. The zero-order chi connectivity index (χ0) is 21.6. The van der Waals surface area contributed by atoms with E-state index in [1.165, 1.54) is 12.4 Å². The van der Waals surface area contributed by atoms with Crippen LogP contribution in [-0.2, 0) is 11.2 Å². The van der Waals surface area contributed by atoms with Crippen molar-refractivity contribution >= 4 is 28.4 Å². The predicted molar refractivity (Wildman–Crippen MR) is 106 cm³/mol. The lowest BCUT2D eigenvalue weighted by Crippen LogP contribution is -2.18. The number of hydrogen-bond donors (Lipinski definition) is 1. The molecule has 0 fully saturated rings. The van der Waals surface area contributed by atoms with Gasteiger partial charge < -0.3 is 14.5 Å². The zero-order valence-electron chi connectivity index (χ0n) is 16.5. The fourth-order valence-electron chi connectivity index (χ4n) is 3.48. The largest absolute Gasteiger partial charge is 0.473 e. The molecule has 0 radical (unpaired) electrons. The van der Waals surface area contributed by atoms with Gasteiger partial charge in [0, 0.05) is 36.8 Å². The first-order valence-electron chi connectivity index (χ1n) is 9.34. The summed E-state index contributed by atoms with van der Waals surface area (Å²) in [5, 5.41) is 3.13. The Labute approximate surface area is 170 Å². The Hall–Kier alpha value is -3.36. The van der Waals surface area contributed by atoms with Gasteiger partial charge in [0.15, 0.2) is 11.6 Å². The predicted octanol–water partition coefficient (Wildman–Crippen LogP) is 4.64. The van der Waals surface area contributed by atoms with E-state index < -0.39 is 17.5 Å². The summed E-state index contributed by atoms with van der Waals surface area (Å²) in [5.74, 6) is 0.0709. The van der Waals surface area contributed by atoms with Crippen LogP contribution in [-0.4, -0.2) is 32.4 Å². The summed E-state index contributed by atoms with van der Waals surface area (Å²) < 4.78 is 47.8. The van der Waals surface area contributed by atoms with E-state index in [0.717, 1.165) is 5.56 Å². The summed E-state index contributed by atoms with van der Waals surface area (Å²) in [5.41, 5.74) is 1.15. The summed E-state index contributed by atoms with van der Waals surface area (Å²) >= 11 is 0. The molecule has 0 amide bonds. The van der Waals surface area contributed by atoms with Gasteiger partial charge in [0.05, 0.1) is 17.2 Å². The van der Waals surface area contributed by atoms with Gasteiger partial charge in [-0.25, -0.2) is 9.97 Å². The minimum absolute atomic E-state index is 0.0147. The van der Waals surface area contributed by atoms with Crippen molar-refractivity contribution in [3.05, 3.63) is 53.6 Å². The molecule has 0 saturated carbocycles. The van der Waals surface area contributed by atoms with Crippen molar-refractivity contribution in [2.45, 2.75) is 39.5 Å². The maximum absolute atomic E-state index is 13.5. The molecule has 0 aromatic carbocycles. The number of alkyl halides is 3. The average molecular weight is 416 g/mol. The standard InChI is InChI=1S/C21H19F3N4O2/c1-11(2)30-20-17(6-12(3)9-26-20)27-19-18-14-7-13(29)8-16(21(22,23)24)15(14)10-28(18)5-4-25-19/h4-6,8-11H,7H2,1-3H3,(H,25,27). The molecular weight excluding hydrogens is 397 g/mol. The highest BCUT2D eigenvalue weighted by Gasteiger charge is 2.40.